The number of imidazole rings is 1. The highest BCUT2D eigenvalue weighted by atomic mass is 35.5. The summed E-state index contributed by atoms with van der Waals surface area (Å²) in [6.45, 7) is 0. The van der Waals surface area contributed by atoms with Crippen molar-refractivity contribution in [1.29, 1.82) is 0 Å². The van der Waals surface area contributed by atoms with Crippen molar-refractivity contribution in [2.75, 3.05) is 17.7 Å². The fraction of sp³-hybridized carbons (Fsp3) is 0.222. The molecule has 3 heterocycles. The summed E-state index contributed by atoms with van der Waals surface area (Å²) in [5.41, 5.74) is 2.71. The zero-order chi connectivity index (χ0) is 30.5. The number of tetrazole rings is 1. The number of nitrogens with one attached hydrogen (secondary N) is 4. The number of carbonyl (C=O) groups is 3. The van der Waals surface area contributed by atoms with Crippen LogP contribution in [-0.2, 0) is 14.3 Å². The monoisotopic (exact) mass is 607 g/mol. The summed E-state index contributed by atoms with van der Waals surface area (Å²) in [6, 6.07) is 8.89. The number of aliphatic hydroxyl groups is 2. The Labute approximate surface area is 248 Å². The lowest BCUT2D eigenvalue weighted by Crippen LogP contribution is -2.36. The van der Waals surface area contributed by atoms with Crippen LogP contribution in [0.4, 0.5) is 16.2 Å². The molecule has 0 fully saturated rings. The van der Waals surface area contributed by atoms with Crippen LogP contribution in [0.25, 0.3) is 23.0 Å². The molecule has 1 aliphatic rings. The SMILES string of the molecule is COC(=O)Nc1ccc2c(c1)NC(=O)CC(O)[C@H](O)C[C@H](NC(=O)/C=C/c1cc(Cl)ccc1-n1cnnn1)c1nc-2c[nH]1. The van der Waals surface area contributed by atoms with E-state index < -0.39 is 42.6 Å². The molecule has 2 aromatic heterocycles. The number of fused-ring (bicyclic) bond motifs is 4. The van der Waals surface area contributed by atoms with Crippen LogP contribution >= 0.6 is 11.6 Å². The molecule has 222 valence electrons. The van der Waals surface area contributed by atoms with E-state index in [0.29, 0.717) is 44.7 Å². The molecule has 1 aliphatic heterocycles. The number of benzene rings is 2. The van der Waals surface area contributed by atoms with E-state index in [2.05, 4.69) is 46.2 Å². The van der Waals surface area contributed by atoms with E-state index in [1.54, 1.807) is 36.5 Å². The second-order valence-corrected chi connectivity index (χ2v) is 9.96. The largest absolute Gasteiger partial charge is 0.453 e. The van der Waals surface area contributed by atoms with Crippen molar-refractivity contribution in [3.05, 3.63) is 71.4 Å². The van der Waals surface area contributed by atoms with Crippen molar-refractivity contribution in [3.63, 3.8) is 0 Å². The average molecular weight is 608 g/mol. The molecule has 4 aromatic rings. The first-order valence-electron chi connectivity index (χ1n) is 12.9. The Hall–Kier alpha value is -5.12. The van der Waals surface area contributed by atoms with E-state index in [1.807, 2.05) is 0 Å². The number of hydrogen-bond acceptors (Lipinski definition) is 10. The van der Waals surface area contributed by atoms with Gasteiger partial charge in [-0.05, 0) is 52.9 Å². The van der Waals surface area contributed by atoms with Gasteiger partial charge in [-0.2, -0.15) is 4.68 Å². The first kappa shape index (κ1) is 29.4. The Morgan fingerprint density at radius 2 is 2.02 bits per heavy atom. The fourth-order valence-corrected chi connectivity index (χ4v) is 4.64. The third-order valence-electron chi connectivity index (χ3n) is 6.56. The maximum atomic E-state index is 13.1. The lowest BCUT2D eigenvalue weighted by atomic mass is 10.0. The van der Waals surface area contributed by atoms with Gasteiger partial charge in [-0.25, -0.2) is 9.78 Å². The highest BCUT2D eigenvalue weighted by Crippen LogP contribution is 2.32. The zero-order valence-electron chi connectivity index (χ0n) is 22.6. The van der Waals surface area contributed by atoms with Gasteiger partial charge in [0, 0.05) is 40.5 Å². The van der Waals surface area contributed by atoms with E-state index in [4.69, 9.17) is 11.6 Å². The zero-order valence-corrected chi connectivity index (χ0v) is 23.3. The molecular formula is C27H26ClN9O6. The van der Waals surface area contributed by atoms with Gasteiger partial charge in [0.15, 0.2) is 0 Å². The molecule has 6 N–H and O–H groups in total. The third-order valence-corrected chi connectivity index (χ3v) is 6.80. The Balaban J connectivity index is 1.43. The lowest BCUT2D eigenvalue weighted by Gasteiger charge is -2.23. The highest BCUT2D eigenvalue weighted by molar-refractivity contribution is 6.30. The Kier molecular flexibility index (Phi) is 8.75. The van der Waals surface area contributed by atoms with Gasteiger partial charge in [0.2, 0.25) is 11.8 Å². The molecule has 0 spiro atoms. The lowest BCUT2D eigenvalue weighted by molar-refractivity contribution is -0.121. The first-order chi connectivity index (χ1) is 20.7. The smallest absolute Gasteiger partial charge is 0.411 e. The van der Waals surface area contributed by atoms with E-state index in [9.17, 15) is 24.6 Å². The standard InChI is InChI=1S/C27H26ClN9O6/c1-43-27(42)31-16-4-5-17-18(9-16)32-25(41)11-23(39)22(38)10-19(26-29-12-20(17)34-26)33-24(40)7-2-14-8-15(28)3-6-21(14)37-13-30-35-36-37/h2-9,12-13,19,22-23,38-39H,10-11H2,1H3,(H,29,34)(H,31,42)(H,32,41)(H,33,40)/b7-2+/t19-,22+,23?/m0/s1. The Bertz CT molecular complexity index is 1670. The summed E-state index contributed by atoms with van der Waals surface area (Å²) >= 11 is 6.16. The molecule has 0 saturated carbocycles. The molecule has 0 aliphatic carbocycles. The van der Waals surface area contributed by atoms with Crippen molar-refractivity contribution in [3.8, 4) is 16.9 Å². The number of carbonyl (C=O) groups excluding carboxylic acids is 3. The van der Waals surface area contributed by atoms with Crippen LogP contribution in [0.15, 0.2) is 55.0 Å². The minimum Gasteiger partial charge on any atom is -0.453 e. The summed E-state index contributed by atoms with van der Waals surface area (Å²) in [7, 11) is 1.22. The van der Waals surface area contributed by atoms with Crippen molar-refractivity contribution in [2.24, 2.45) is 0 Å². The van der Waals surface area contributed by atoms with Crippen LogP contribution in [0.5, 0.6) is 0 Å². The molecule has 2 aromatic carbocycles. The van der Waals surface area contributed by atoms with Gasteiger partial charge in [-0.1, -0.05) is 11.6 Å². The van der Waals surface area contributed by atoms with Crippen molar-refractivity contribution < 1.29 is 29.3 Å². The number of anilines is 2. The number of hydrogen-bond donors (Lipinski definition) is 6. The molecule has 1 unspecified atom stereocenters. The number of rotatable bonds is 5. The van der Waals surface area contributed by atoms with E-state index in [-0.39, 0.29) is 6.42 Å². The summed E-state index contributed by atoms with van der Waals surface area (Å²) in [5, 5.41) is 40.9. The number of aliphatic hydroxyl groups excluding tert-OH is 2. The highest BCUT2D eigenvalue weighted by Gasteiger charge is 2.28. The molecule has 0 saturated heterocycles. The molecule has 16 heteroatoms. The van der Waals surface area contributed by atoms with Gasteiger partial charge >= 0.3 is 6.09 Å². The summed E-state index contributed by atoms with van der Waals surface area (Å²) < 4.78 is 6.05. The normalized spacial score (nSPS) is 18.6. The Morgan fingerprint density at radius 3 is 2.79 bits per heavy atom. The molecule has 5 rings (SSSR count). The number of methoxy groups -OCH3 is 1. The van der Waals surface area contributed by atoms with Gasteiger partial charge in [0.25, 0.3) is 0 Å². The van der Waals surface area contributed by atoms with Crippen LogP contribution in [0, 0.1) is 0 Å². The second-order valence-electron chi connectivity index (χ2n) is 9.52. The number of aromatic amines is 1. The van der Waals surface area contributed by atoms with Crippen molar-refractivity contribution in [2.45, 2.75) is 31.1 Å². The predicted octanol–water partition coefficient (Wildman–Crippen LogP) is 2.21. The van der Waals surface area contributed by atoms with Crippen LogP contribution in [0.2, 0.25) is 5.02 Å². The van der Waals surface area contributed by atoms with Crippen molar-refractivity contribution in [1.82, 2.24) is 35.5 Å². The van der Waals surface area contributed by atoms with Crippen LogP contribution in [0.1, 0.15) is 30.3 Å². The van der Waals surface area contributed by atoms with Crippen LogP contribution < -0.4 is 16.0 Å². The third kappa shape index (κ3) is 7.03. The van der Waals surface area contributed by atoms with Crippen molar-refractivity contribution >= 4 is 47.0 Å². The molecule has 15 nitrogen and oxygen atoms in total. The summed E-state index contributed by atoms with van der Waals surface area (Å²) in [6.07, 6.45) is 1.68. The molecule has 3 atom stereocenters. The van der Waals surface area contributed by atoms with Crippen LogP contribution in [-0.4, -0.2) is 77.6 Å². The predicted molar refractivity (Wildman–Crippen MR) is 154 cm³/mol. The molecule has 43 heavy (non-hydrogen) atoms. The van der Waals surface area contributed by atoms with Gasteiger partial charge in [0.05, 0.1) is 48.8 Å². The first-order valence-corrected chi connectivity index (χ1v) is 13.3. The van der Waals surface area contributed by atoms with Gasteiger partial charge in [-0.15, -0.1) is 5.10 Å². The molecule has 0 radical (unpaired) electrons. The second kappa shape index (κ2) is 12.8. The Morgan fingerprint density at radius 1 is 1.19 bits per heavy atom. The number of halogens is 1. The van der Waals surface area contributed by atoms with E-state index in [0.717, 1.165) is 0 Å². The van der Waals surface area contributed by atoms with E-state index in [1.165, 1.54) is 36.3 Å². The van der Waals surface area contributed by atoms with Crippen LogP contribution in [0.3, 0.4) is 0 Å². The number of ether oxygens (including phenoxy) is 1. The number of H-pyrrole nitrogens is 1. The number of amides is 3. The van der Waals surface area contributed by atoms with Gasteiger partial charge in [-0.3, -0.25) is 14.9 Å². The number of aromatic nitrogens is 6. The van der Waals surface area contributed by atoms with E-state index >= 15 is 0 Å². The quantitative estimate of drug-likeness (QED) is 0.182. The minimum atomic E-state index is -1.45. The number of nitrogens with zero attached hydrogens (tertiary/aromatic N) is 5. The fourth-order valence-electron chi connectivity index (χ4n) is 4.46. The minimum absolute atomic E-state index is 0.150. The summed E-state index contributed by atoms with van der Waals surface area (Å²) in [5.74, 6) is -0.812. The molecule has 3 amide bonds. The van der Waals surface area contributed by atoms with Gasteiger partial charge < -0.3 is 30.6 Å². The molecular weight excluding hydrogens is 582 g/mol. The molecule has 2 bridgehead atoms. The maximum absolute atomic E-state index is 13.1. The van der Waals surface area contributed by atoms with Gasteiger partial charge in [0.1, 0.15) is 12.2 Å². The topological polar surface area (TPSA) is 209 Å². The summed E-state index contributed by atoms with van der Waals surface area (Å²) in [4.78, 5) is 45.1. The average Bonchev–Trinajstić information content (AvgIpc) is 3.68. The maximum Gasteiger partial charge on any atom is 0.411 e.